The minimum absolute atomic E-state index is 0.0950. The third kappa shape index (κ3) is 6.02. The third-order valence-electron chi connectivity index (χ3n) is 5.69. The lowest BCUT2D eigenvalue weighted by Crippen LogP contribution is -2.26. The summed E-state index contributed by atoms with van der Waals surface area (Å²) >= 11 is 0. The van der Waals surface area contributed by atoms with Crippen LogP contribution in [-0.2, 0) is 16.0 Å². The zero-order chi connectivity index (χ0) is 28.1. The Hall–Kier alpha value is -5.37. The molecular formula is C29H19F3N4O4. The molecule has 0 aliphatic rings. The van der Waals surface area contributed by atoms with Crippen LogP contribution in [0.5, 0.6) is 23.0 Å². The summed E-state index contributed by atoms with van der Waals surface area (Å²) in [5, 5.41) is 9.49. The molecule has 0 fully saturated rings. The quantitative estimate of drug-likeness (QED) is 0.216. The van der Waals surface area contributed by atoms with Crippen molar-refractivity contribution in [2.45, 2.75) is 12.6 Å². The number of aromatic nitrogens is 3. The molecule has 5 rings (SSSR count). The van der Waals surface area contributed by atoms with Gasteiger partial charge in [-0.15, -0.1) is 0 Å². The van der Waals surface area contributed by atoms with E-state index in [1.165, 1.54) is 0 Å². The Kier molecular flexibility index (Phi) is 7.33. The molecule has 0 atom stereocenters. The van der Waals surface area contributed by atoms with Crippen LogP contribution in [0, 0.1) is 11.3 Å². The van der Waals surface area contributed by atoms with Crippen LogP contribution >= 0.6 is 0 Å². The number of carbonyl (C=O) groups is 1. The van der Waals surface area contributed by atoms with Crippen molar-refractivity contribution >= 4 is 17.0 Å². The van der Waals surface area contributed by atoms with E-state index < -0.39 is 18.8 Å². The molecule has 5 aromatic rings. The average molecular weight is 544 g/mol. The first kappa shape index (κ1) is 26.2. The first-order valence-corrected chi connectivity index (χ1v) is 11.9. The summed E-state index contributed by atoms with van der Waals surface area (Å²) in [4.78, 5) is 23.0. The highest BCUT2D eigenvalue weighted by Crippen LogP contribution is 2.39. The first-order valence-electron chi connectivity index (χ1n) is 11.9. The summed E-state index contributed by atoms with van der Waals surface area (Å²) in [6.45, 7) is -0.413. The molecule has 0 spiro atoms. The number of nitrogens with one attached hydrogen (secondary N) is 1. The Balaban J connectivity index is 1.41. The number of ether oxygens (including phenoxy) is 3. The number of para-hydroxylation sites is 1. The van der Waals surface area contributed by atoms with Crippen LogP contribution in [0.1, 0.15) is 11.1 Å². The molecule has 0 aliphatic carbocycles. The Labute approximate surface area is 225 Å². The summed E-state index contributed by atoms with van der Waals surface area (Å²) in [5.74, 6) is -0.303. The molecule has 0 saturated heterocycles. The Morgan fingerprint density at radius 3 is 2.40 bits per heavy atom. The van der Waals surface area contributed by atoms with Crippen molar-refractivity contribution in [3.8, 4) is 40.6 Å². The number of esters is 1. The van der Waals surface area contributed by atoms with Gasteiger partial charge in [-0.25, -0.2) is 9.78 Å². The largest absolute Gasteiger partial charge is 0.490 e. The van der Waals surface area contributed by atoms with Gasteiger partial charge < -0.3 is 19.2 Å². The highest BCUT2D eigenvalue weighted by molar-refractivity contribution is 5.83. The second-order valence-corrected chi connectivity index (χ2v) is 8.46. The minimum Gasteiger partial charge on any atom is -0.459 e. The second kappa shape index (κ2) is 11.2. The van der Waals surface area contributed by atoms with Gasteiger partial charge in [0, 0.05) is 24.8 Å². The van der Waals surface area contributed by atoms with Gasteiger partial charge in [-0.05, 0) is 42.0 Å². The predicted octanol–water partition coefficient (Wildman–Crippen LogP) is 6.73. The summed E-state index contributed by atoms with van der Waals surface area (Å²) in [6.07, 6.45) is -3.27. The summed E-state index contributed by atoms with van der Waals surface area (Å²) in [5.41, 5.74) is 2.86. The molecule has 11 heteroatoms. The van der Waals surface area contributed by atoms with E-state index in [4.69, 9.17) is 9.47 Å². The normalized spacial score (nSPS) is 11.2. The van der Waals surface area contributed by atoms with Crippen molar-refractivity contribution in [3.63, 3.8) is 0 Å². The van der Waals surface area contributed by atoms with E-state index in [1.54, 1.807) is 72.9 Å². The van der Waals surface area contributed by atoms with Crippen LogP contribution < -0.4 is 9.47 Å². The van der Waals surface area contributed by atoms with Crippen molar-refractivity contribution in [2.75, 3.05) is 6.61 Å². The number of carbonyl (C=O) groups excluding carboxylic acids is 1. The van der Waals surface area contributed by atoms with Crippen LogP contribution in [0.4, 0.5) is 13.2 Å². The van der Waals surface area contributed by atoms with Crippen molar-refractivity contribution < 1.29 is 32.2 Å². The number of nitrogens with zero attached hydrogens (tertiary/aromatic N) is 3. The first-order chi connectivity index (χ1) is 19.3. The topological polar surface area (TPSA) is 110 Å². The maximum Gasteiger partial charge on any atom is 0.490 e. The summed E-state index contributed by atoms with van der Waals surface area (Å²) in [6, 6.07) is 24.3. The highest BCUT2D eigenvalue weighted by Gasteiger charge is 2.40. The SMILES string of the molecule is N#Cc1ccccc1Oc1cc2nc(-c3ccccn3)[nH]c2cc1Oc1ccc(CCOC(=O)C(F)(F)F)cc1. The molecule has 0 amide bonds. The van der Waals surface area contributed by atoms with E-state index in [0.29, 0.717) is 56.7 Å². The molecule has 1 N–H and O–H groups in total. The molecule has 8 nitrogen and oxygen atoms in total. The molecule has 0 bridgehead atoms. The molecule has 40 heavy (non-hydrogen) atoms. The zero-order valence-corrected chi connectivity index (χ0v) is 20.6. The van der Waals surface area contributed by atoms with Crippen LogP contribution in [0.2, 0.25) is 0 Å². The average Bonchev–Trinajstić information content (AvgIpc) is 3.37. The van der Waals surface area contributed by atoms with Crippen LogP contribution in [0.25, 0.3) is 22.6 Å². The molecule has 0 aliphatic heterocycles. The van der Waals surface area contributed by atoms with Gasteiger partial charge in [0.05, 0.1) is 23.2 Å². The molecule has 0 saturated carbocycles. The van der Waals surface area contributed by atoms with Gasteiger partial charge in [-0.2, -0.15) is 18.4 Å². The number of hydrogen-bond acceptors (Lipinski definition) is 7. The van der Waals surface area contributed by atoms with Gasteiger partial charge in [-0.1, -0.05) is 30.3 Å². The van der Waals surface area contributed by atoms with Crippen molar-refractivity contribution in [1.29, 1.82) is 5.26 Å². The fourth-order valence-corrected chi connectivity index (χ4v) is 3.76. The molecule has 2 heterocycles. The molecule has 2 aromatic heterocycles. The van der Waals surface area contributed by atoms with E-state index in [1.807, 2.05) is 12.1 Å². The lowest BCUT2D eigenvalue weighted by atomic mass is 10.1. The Morgan fingerprint density at radius 2 is 1.68 bits per heavy atom. The number of alkyl halides is 3. The zero-order valence-electron chi connectivity index (χ0n) is 20.6. The van der Waals surface area contributed by atoms with Crippen molar-refractivity contribution in [1.82, 2.24) is 15.0 Å². The number of benzene rings is 3. The number of rotatable bonds is 8. The van der Waals surface area contributed by atoms with Crippen LogP contribution in [0.15, 0.2) is 85.1 Å². The van der Waals surface area contributed by atoms with Gasteiger partial charge >= 0.3 is 12.1 Å². The number of halogens is 3. The van der Waals surface area contributed by atoms with Gasteiger partial charge in [0.25, 0.3) is 0 Å². The van der Waals surface area contributed by atoms with E-state index in [9.17, 15) is 23.2 Å². The molecule has 0 radical (unpaired) electrons. The molecular weight excluding hydrogens is 525 g/mol. The predicted molar refractivity (Wildman–Crippen MR) is 138 cm³/mol. The number of fused-ring (bicyclic) bond motifs is 1. The number of aromatic amines is 1. The minimum atomic E-state index is -5.03. The van der Waals surface area contributed by atoms with Gasteiger partial charge in [-0.3, -0.25) is 4.98 Å². The van der Waals surface area contributed by atoms with E-state index in [0.717, 1.165) is 0 Å². The van der Waals surface area contributed by atoms with Crippen molar-refractivity contribution in [3.05, 3.63) is 96.2 Å². The monoisotopic (exact) mass is 544 g/mol. The number of hydrogen-bond donors (Lipinski definition) is 1. The van der Waals surface area contributed by atoms with Crippen molar-refractivity contribution in [2.24, 2.45) is 0 Å². The second-order valence-electron chi connectivity index (χ2n) is 8.46. The number of pyridine rings is 1. The third-order valence-corrected chi connectivity index (χ3v) is 5.69. The standard InChI is InChI=1S/C29H19F3N4O4/c30-29(31,32)28(37)38-14-12-18-8-10-20(11-9-18)39-25-15-22-23(36-27(35-22)21-6-3-4-13-34-21)16-26(25)40-24-7-2-1-5-19(24)17-33/h1-11,13,15-16H,12,14H2,(H,35,36). The summed E-state index contributed by atoms with van der Waals surface area (Å²) in [7, 11) is 0. The van der Waals surface area contributed by atoms with Gasteiger partial charge in [0.15, 0.2) is 17.3 Å². The maximum absolute atomic E-state index is 12.3. The fourth-order valence-electron chi connectivity index (χ4n) is 3.76. The number of H-pyrrole nitrogens is 1. The number of imidazole rings is 1. The summed E-state index contributed by atoms with van der Waals surface area (Å²) < 4.78 is 53.4. The Bertz CT molecular complexity index is 1700. The lowest BCUT2D eigenvalue weighted by molar-refractivity contribution is -0.199. The molecule has 3 aromatic carbocycles. The van der Waals surface area contributed by atoms with E-state index in [-0.39, 0.29) is 6.42 Å². The lowest BCUT2D eigenvalue weighted by Gasteiger charge is -2.14. The van der Waals surface area contributed by atoms with Crippen LogP contribution in [0.3, 0.4) is 0 Å². The van der Waals surface area contributed by atoms with E-state index >= 15 is 0 Å². The fraction of sp³-hybridized carbons (Fsp3) is 0.103. The smallest absolute Gasteiger partial charge is 0.459 e. The van der Waals surface area contributed by atoms with E-state index in [2.05, 4.69) is 25.8 Å². The molecule has 200 valence electrons. The maximum atomic E-state index is 12.3. The van der Waals surface area contributed by atoms with Crippen LogP contribution in [-0.4, -0.2) is 33.7 Å². The molecule has 0 unspecified atom stereocenters. The highest BCUT2D eigenvalue weighted by atomic mass is 19.4. The van der Waals surface area contributed by atoms with Gasteiger partial charge in [0.2, 0.25) is 0 Å². The number of nitriles is 1. The van der Waals surface area contributed by atoms with Gasteiger partial charge in [0.1, 0.15) is 23.3 Å². The Morgan fingerprint density at radius 1 is 0.925 bits per heavy atom.